The molecule has 1 amide bonds. The highest BCUT2D eigenvalue weighted by atomic mass is 32.2. The number of nitrogens with one attached hydrogen (secondary N) is 2. The largest absolute Gasteiger partial charge is 0.462 e. The first-order valence-electron chi connectivity index (χ1n) is 8.77. The molecule has 2 aromatic heterocycles. The van der Waals surface area contributed by atoms with E-state index >= 15 is 0 Å². The van der Waals surface area contributed by atoms with Gasteiger partial charge in [-0.15, -0.1) is 11.3 Å². The molecule has 3 rings (SSSR count). The van der Waals surface area contributed by atoms with Gasteiger partial charge >= 0.3 is 5.97 Å². The molecule has 0 aromatic carbocycles. The summed E-state index contributed by atoms with van der Waals surface area (Å²) in [4.78, 5) is 33.5. The van der Waals surface area contributed by atoms with E-state index in [4.69, 9.17) is 4.74 Å². The van der Waals surface area contributed by atoms with E-state index in [0.29, 0.717) is 17.2 Å². The highest BCUT2D eigenvalue weighted by Crippen LogP contribution is 2.38. The number of ether oxygens (including phenoxy) is 1. The fourth-order valence-corrected chi connectivity index (χ4v) is 5.01. The Balaban J connectivity index is 1.72. The zero-order valence-corrected chi connectivity index (χ0v) is 16.9. The summed E-state index contributed by atoms with van der Waals surface area (Å²) in [5.41, 5.74) is 3.54. The van der Waals surface area contributed by atoms with Crippen molar-refractivity contribution in [2.75, 3.05) is 17.7 Å². The predicted octanol–water partition coefficient (Wildman–Crippen LogP) is 3.87. The number of amides is 1. The molecule has 0 bridgehead atoms. The summed E-state index contributed by atoms with van der Waals surface area (Å²) in [6, 6.07) is 0. The van der Waals surface area contributed by atoms with Crippen LogP contribution in [0.15, 0.2) is 5.16 Å². The summed E-state index contributed by atoms with van der Waals surface area (Å²) in [7, 11) is 0. The van der Waals surface area contributed by atoms with Gasteiger partial charge in [-0.2, -0.15) is 0 Å². The van der Waals surface area contributed by atoms with E-state index in [1.807, 2.05) is 13.8 Å². The van der Waals surface area contributed by atoms with Crippen molar-refractivity contribution >= 4 is 40.0 Å². The van der Waals surface area contributed by atoms with E-state index < -0.39 is 0 Å². The number of hydrogen-bond acceptors (Lipinski definition) is 6. The Kier molecular flexibility index (Phi) is 6.03. The first kappa shape index (κ1) is 19.0. The van der Waals surface area contributed by atoms with Crippen LogP contribution in [0.3, 0.4) is 0 Å². The molecule has 0 saturated heterocycles. The van der Waals surface area contributed by atoms with Gasteiger partial charge in [0.15, 0.2) is 5.16 Å². The number of thiophene rings is 1. The molecule has 2 heterocycles. The first-order valence-corrected chi connectivity index (χ1v) is 10.6. The number of fused-ring (bicyclic) bond motifs is 1. The number of rotatable bonds is 6. The fraction of sp³-hybridized carbons (Fsp3) is 0.500. The predicted molar refractivity (Wildman–Crippen MR) is 104 cm³/mol. The number of H-pyrrole nitrogens is 1. The van der Waals surface area contributed by atoms with Crippen molar-refractivity contribution in [1.29, 1.82) is 0 Å². The third-order valence-corrected chi connectivity index (χ3v) is 6.43. The van der Waals surface area contributed by atoms with Gasteiger partial charge in [0.05, 0.1) is 23.6 Å². The summed E-state index contributed by atoms with van der Waals surface area (Å²) in [5, 5.41) is 4.26. The smallest absolute Gasteiger partial charge is 0.341 e. The lowest BCUT2D eigenvalue weighted by atomic mass is 9.95. The molecule has 1 aliphatic carbocycles. The highest BCUT2D eigenvalue weighted by molar-refractivity contribution is 7.99. The number of nitrogens with zero attached hydrogens (tertiary/aromatic N) is 1. The third-order valence-electron chi connectivity index (χ3n) is 4.35. The van der Waals surface area contributed by atoms with E-state index in [-0.39, 0.29) is 17.6 Å². The van der Waals surface area contributed by atoms with Crippen LogP contribution in [0.1, 0.15) is 52.0 Å². The van der Waals surface area contributed by atoms with Crippen LogP contribution in [0, 0.1) is 13.8 Å². The van der Waals surface area contributed by atoms with Crippen molar-refractivity contribution in [2.45, 2.75) is 51.6 Å². The number of hydrogen-bond donors (Lipinski definition) is 2. The number of aromatic nitrogens is 2. The van der Waals surface area contributed by atoms with Crippen molar-refractivity contribution in [2.24, 2.45) is 0 Å². The Morgan fingerprint density at radius 3 is 2.77 bits per heavy atom. The SMILES string of the molecule is CCOC(=O)c1c(NC(=O)CSc2nc(C)c(C)[nH]2)sc2c1CCCC2. The average Bonchev–Trinajstić information content (AvgIpc) is 3.12. The molecule has 0 spiro atoms. The minimum Gasteiger partial charge on any atom is -0.462 e. The lowest BCUT2D eigenvalue weighted by molar-refractivity contribution is -0.113. The number of aromatic amines is 1. The van der Waals surface area contributed by atoms with Crippen LogP contribution >= 0.6 is 23.1 Å². The van der Waals surface area contributed by atoms with Gasteiger partial charge < -0.3 is 15.0 Å². The minimum atomic E-state index is -0.341. The lowest BCUT2D eigenvalue weighted by Gasteiger charge is -2.12. The number of imidazole rings is 1. The first-order chi connectivity index (χ1) is 12.5. The van der Waals surface area contributed by atoms with Gasteiger partial charge in [0, 0.05) is 10.6 Å². The average molecular weight is 394 g/mol. The molecule has 2 aromatic rings. The summed E-state index contributed by atoms with van der Waals surface area (Å²) < 4.78 is 5.22. The van der Waals surface area contributed by atoms with E-state index in [1.165, 1.54) is 28.0 Å². The molecule has 1 aliphatic rings. The van der Waals surface area contributed by atoms with Crippen molar-refractivity contribution in [3.05, 3.63) is 27.4 Å². The summed E-state index contributed by atoms with van der Waals surface area (Å²) >= 11 is 2.86. The van der Waals surface area contributed by atoms with Crippen LogP contribution in [0.4, 0.5) is 5.00 Å². The van der Waals surface area contributed by atoms with Crippen molar-refractivity contribution in [3.8, 4) is 0 Å². The van der Waals surface area contributed by atoms with Crippen molar-refractivity contribution < 1.29 is 14.3 Å². The maximum atomic E-state index is 12.4. The van der Waals surface area contributed by atoms with Crippen LogP contribution in [0.2, 0.25) is 0 Å². The molecule has 2 N–H and O–H groups in total. The normalized spacial score (nSPS) is 13.3. The molecule has 0 aliphatic heterocycles. The topological polar surface area (TPSA) is 84.1 Å². The molecule has 8 heteroatoms. The van der Waals surface area contributed by atoms with Crippen LogP contribution in [0.25, 0.3) is 0 Å². The van der Waals surface area contributed by atoms with E-state index in [2.05, 4.69) is 15.3 Å². The van der Waals surface area contributed by atoms with Crippen LogP contribution in [-0.4, -0.2) is 34.2 Å². The van der Waals surface area contributed by atoms with Crippen LogP contribution in [-0.2, 0) is 22.4 Å². The minimum absolute atomic E-state index is 0.147. The molecule has 140 valence electrons. The quantitative estimate of drug-likeness (QED) is 0.575. The molecule has 0 atom stereocenters. The molecule has 0 radical (unpaired) electrons. The Morgan fingerprint density at radius 1 is 1.31 bits per heavy atom. The van der Waals surface area contributed by atoms with Crippen LogP contribution < -0.4 is 5.32 Å². The Bertz CT molecular complexity index is 807. The number of carbonyl (C=O) groups excluding carboxylic acids is 2. The third kappa shape index (κ3) is 4.12. The highest BCUT2D eigenvalue weighted by Gasteiger charge is 2.27. The monoisotopic (exact) mass is 393 g/mol. The van der Waals surface area contributed by atoms with E-state index in [9.17, 15) is 9.59 Å². The molecule has 26 heavy (non-hydrogen) atoms. The van der Waals surface area contributed by atoms with Gasteiger partial charge in [0.2, 0.25) is 5.91 Å². The van der Waals surface area contributed by atoms with Crippen LogP contribution in [0.5, 0.6) is 0 Å². The second kappa shape index (κ2) is 8.26. The zero-order chi connectivity index (χ0) is 18.7. The van der Waals surface area contributed by atoms with Gasteiger partial charge in [-0.1, -0.05) is 11.8 Å². The van der Waals surface area contributed by atoms with Crippen molar-refractivity contribution in [1.82, 2.24) is 9.97 Å². The molecule has 0 fully saturated rings. The standard InChI is InChI=1S/C18H23N3O3S2/c1-4-24-17(23)15-12-7-5-6-8-13(12)26-16(15)21-14(22)9-25-18-19-10(2)11(3)20-18/h4-9H2,1-3H3,(H,19,20)(H,21,22). The Labute approximate surface area is 161 Å². The molecule has 0 unspecified atom stereocenters. The summed E-state index contributed by atoms with van der Waals surface area (Å²) in [6.45, 7) is 5.99. The second-order valence-corrected chi connectivity index (χ2v) is 8.29. The van der Waals surface area contributed by atoms with Crippen molar-refractivity contribution in [3.63, 3.8) is 0 Å². The molecule has 6 nitrogen and oxygen atoms in total. The summed E-state index contributed by atoms with van der Waals surface area (Å²) in [5.74, 6) is -0.255. The fourth-order valence-electron chi connectivity index (χ4n) is 2.95. The second-order valence-electron chi connectivity index (χ2n) is 6.22. The Morgan fingerprint density at radius 2 is 2.08 bits per heavy atom. The Hall–Kier alpha value is -1.80. The van der Waals surface area contributed by atoms with Gasteiger partial charge in [0.1, 0.15) is 5.00 Å². The number of carbonyl (C=O) groups is 2. The number of aryl methyl sites for hydroxylation is 3. The number of thioether (sulfide) groups is 1. The lowest BCUT2D eigenvalue weighted by Crippen LogP contribution is -2.17. The maximum absolute atomic E-state index is 12.4. The summed E-state index contributed by atoms with van der Waals surface area (Å²) in [6.07, 6.45) is 4.02. The zero-order valence-electron chi connectivity index (χ0n) is 15.2. The maximum Gasteiger partial charge on any atom is 0.341 e. The van der Waals surface area contributed by atoms with Gasteiger partial charge in [0.25, 0.3) is 0 Å². The van der Waals surface area contributed by atoms with Gasteiger partial charge in [-0.3, -0.25) is 4.79 Å². The molecular weight excluding hydrogens is 370 g/mol. The van der Waals surface area contributed by atoms with E-state index in [0.717, 1.165) is 47.8 Å². The number of esters is 1. The molecule has 0 saturated carbocycles. The number of anilines is 1. The van der Waals surface area contributed by atoms with E-state index in [1.54, 1.807) is 6.92 Å². The molecular formula is C18H23N3O3S2. The van der Waals surface area contributed by atoms with Gasteiger partial charge in [-0.25, -0.2) is 9.78 Å². The van der Waals surface area contributed by atoms with Gasteiger partial charge in [-0.05, 0) is 52.0 Å².